The minimum Gasteiger partial charge on any atom is -0.460 e. The Labute approximate surface area is 110 Å². The first-order chi connectivity index (χ1) is 7.61. The second-order valence-electron chi connectivity index (χ2n) is 3.03. The number of rotatable bonds is 2. The van der Waals surface area contributed by atoms with Gasteiger partial charge in [0.2, 0.25) is 5.78 Å². The molecule has 0 saturated heterocycles. The van der Waals surface area contributed by atoms with Gasteiger partial charge in [-0.15, -0.1) is 0 Å². The normalized spacial score (nSPS) is 10.4. The summed E-state index contributed by atoms with van der Waals surface area (Å²) < 4.78 is 5.67. The van der Waals surface area contributed by atoms with Gasteiger partial charge in [-0.3, -0.25) is 4.79 Å². The Morgan fingerprint density at radius 3 is 2.62 bits per heavy atom. The van der Waals surface area contributed by atoms with E-state index in [1.54, 1.807) is 24.3 Å². The molecule has 0 amide bonds. The zero-order valence-electron chi connectivity index (χ0n) is 7.84. The van der Waals surface area contributed by atoms with Crippen LogP contribution in [0.2, 0.25) is 10.0 Å². The van der Waals surface area contributed by atoms with Crippen LogP contribution in [0.4, 0.5) is 0 Å². The summed E-state index contributed by atoms with van der Waals surface area (Å²) in [6.45, 7) is 0. The highest BCUT2D eigenvalue weighted by atomic mass is 79.9. The van der Waals surface area contributed by atoms with Crippen LogP contribution in [0.5, 0.6) is 0 Å². The summed E-state index contributed by atoms with van der Waals surface area (Å²) in [4.78, 5) is 12.0. The predicted octanol–water partition coefficient (Wildman–Crippen LogP) is 4.58. The SMILES string of the molecule is O=C(c1cccc(Cl)c1Cl)c1occc1Br. The van der Waals surface area contributed by atoms with Crippen molar-refractivity contribution in [3.63, 3.8) is 0 Å². The first kappa shape index (κ1) is 11.7. The lowest BCUT2D eigenvalue weighted by molar-refractivity contribution is 0.101. The molecule has 2 rings (SSSR count). The van der Waals surface area contributed by atoms with E-state index in [1.807, 2.05) is 0 Å². The highest BCUT2D eigenvalue weighted by molar-refractivity contribution is 9.10. The first-order valence-corrected chi connectivity index (χ1v) is 5.88. The van der Waals surface area contributed by atoms with Gasteiger partial charge in [0.1, 0.15) is 0 Å². The Morgan fingerprint density at radius 1 is 1.25 bits per heavy atom. The van der Waals surface area contributed by atoms with E-state index in [-0.39, 0.29) is 16.6 Å². The molecule has 82 valence electrons. The smallest absolute Gasteiger partial charge is 0.230 e. The zero-order valence-corrected chi connectivity index (χ0v) is 10.9. The van der Waals surface area contributed by atoms with E-state index in [0.29, 0.717) is 15.1 Å². The Balaban J connectivity index is 2.50. The molecule has 1 aromatic heterocycles. The maximum Gasteiger partial charge on any atom is 0.230 e. The summed E-state index contributed by atoms with van der Waals surface area (Å²) >= 11 is 15.0. The maximum atomic E-state index is 12.0. The molecule has 1 heterocycles. The number of hydrogen-bond donors (Lipinski definition) is 0. The van der Waals surface area contributed by atoms with E-state index in [1.165, 1.54) is 6.26 Å². The molecule has 5 heteroatoms. The standard InChI is InChI=1S/C11H5BrCl2O2/c12-7-4-5-16-11(7)10(15)6-2-1-3-8(13)9(6)14/h1-5H. The topological polar surface area (TPSA) is 30.2 Å². The molecule has 0 N–H and O–H groups in total. The third kappa shape index (κ3) is 2.03. The molecule has 16 heavy (non-hydrogen) atoms. The van der Waals surface area contributed by atoms with Crippen molar-refractivity contribution in [2.45, 2.75) is 0 Å². The van der Waals surface area contributed by atoms with E-state index in [0.717, 1.165) is 0 Å². The van der Waals surface area contributed by atoms with Gasteiger partial charge in [0.05, 0.1) is 20.8 Å². The van der Waals surface area contributed by atoms with Gasteiger partial charge in [0.15, 0.2) is 5.76 Å². The summed E-state index contributed by atoms with van der Waals surface area (Å²) in [5.74, 6) is -0.0893. The van der Waals surface area contributed by atoms with Crippen molar-refractivity contribution >= 4 is 44.9 Å². The monoisotopic (exact) mass is 318 g/mol. The van der Waals surface area contributed by atoms with Crippen LogP contribution in [-0.2, 0) is 0 Å². The number of benzene rings is 1. The fourth-order valence-corrected chi connectivity index (χ4v) is 2.03. The molecule has 0 spiro atoms. The Hall–Kier alpha value is -0.770. The van der Waals surface area contributed by atoms with Crippen LogP contribution < -0.4 is 0 Å². The molecule has 0 aliphatic heterocycles. The minimum atomic E-state index is -0.302. The average Bonchev–Trinajstić information content (AvgIpc) is 2.68. The van der Waals surface area contributed by atoms with Crippen molar-refractivity contribution in [2.24, 2.45) is 0 Å². The average molecular weight is 320 g/mol. The summed E-state index contributed by atoms with van der Waals surface area (Å²) in [5.41, 5.74) is 0.324. The number of carbonyl (C=O) groups excluding carboxylic acids is 1. The quantitative estimate of drug-likeness (QED) is 0.758. The van der Waals surface area contributed by atoms with E-state index >= 15 is 0 Å². The molecular formula is C11H5BrCl2O2. The highest BCUT2D eigenvalue weighted by Gasteiger charge is 2.19. The van der Waals surface area contributed by atoms with Crippen LogP contribution in [0.15, 0.2) is 39.4 Å². The van der Waals surface area contributed by atoms with E-state index in [9.17, 15) is 4.79 Å². The van der Waals surface area contributed by atoms with Gasteiger partial charge in [0, 0.05) is 5.56 Å². The molecular weight excluding hydrogens is 315 g/mol. The van der Waals surface area contributed by atoms with E-state index in [2.05, 4.69) is 15.9 Å². The summed E-state index contributed by atoms with van der Waals surface area (Å²) in [6.07, 6.45) is 1.43. The zero-order chi connectivity index (χ0) is 11.7. The van der Waals surface area contributed by atoms with Crippen LogP contribution in [-0.4, -0.2) is 5.78 Å². The molecule has 2 aromatic rings. The summed E-state index contributed by atoms with van der Waals surface area (Å²) in [5, 5.41) is 0.577. The number of furan rings is 1. The van der Waals surface area contributed by atoms with Gasteiger partial charge in [0.25, 0.3) is 0 Å². The van der Waals surface area contributed by atoms with Crippen LogP contribution in [0.25, 0.3) is 0 Å². The van der Waals surface area contributed by atoms with Crippen LogP contribution in [0.3, 0.4) is 0 Å². The number of carbonyl (C=O) groups is 1. The van der Waals surface area contributed by atoms with Crippen molar-refractivity contribution in [1.29, 1.82) is 0 Å². The summed E-state index contributed by atoms with van der Waals surface area (Å²) in [7, 11) is 0. The lowest BCUT2D eigenvalue weighted by atomic mass is 10.1. The molecule has 0 atom stereocenters. The van der Waals surface area contributed by atoms with Crippen molar-refractivity contribution in [2.75, 3.05) is 0 Å². The molecule has 0 unspecified atom stereocenters. The maximum absolute atomic E-state index is 12.0. The molecule has 2 nitrogen and oxygen atoms in total. The van der Waals surface area contributed by atoms with Crippen LogP contribution >= 0.6 is 39.1 Å². The molecule has 0 bridgehead atoms. The van der Waals surface area contributed by atoms with Crippen molar-refractivity contribution in [1.82, 2.24) is 0 Å². The lowest BCUT2D eigenvalue weighted by Gasteiger charge is -2.02. The van der Waals surface area contributed by atoms with Gasteiger partial charge in [-0.2, -0.15) is 0 Å². The van der Waals surface area contributed by atoms with E-state index in [4.69, 9.17) is 27.6 Å². The molecule has 0 aliphatic rings. The highest BCUT2D eigenvalue weighted by Crippen LogP contribution is 2.29. The molecule has 0 radical (unpaired) electrons. The van der Waals surface area contributed by atoms with Crippen molar-refractivity contribution < 1.29 is 9.21 Å². The second kappa shape index (κ2) is 4.62. The lowest BCUT2D eigenvalue weighted by Crippen LogP contribution is -2.01. The molecule has 0 fully saturated rings. The van der Waals surface area contributed by atoms with Crippen molar-refractivity contribution in [3.8, 4) is 0 Å². The summed E-state index contributed by atoms with van der Waals surface area (Å²) in [6, 6.07) is 6.54. The first-order valence-electron chi connectivity index (χ1n) is 4.33. The third-order valence-corrected chi connectivity index (χ3v) is 3.46. The predicted molar refractivity (Wildman–Crippen MR) is 66.3 cm³/mol. The minimum absolute atomic E-state index is 0.212. The largest absolute Gasteiger partial charge is 0.460 e. The van der Waals surface area contributed by atoms with Gasteiger partial charge in [-0.1, -0.05) is 29.3 Å². The van der Waals surface area contributed by atoms with Gasteiger partial charge >= 0.3 is 0 Å². The Morgan fingerprint density at radius 2 is 2.00 bits per heavy atom. The third-order valence-electron chi connectivity index (χ3n) is 2.02. The van der Waals surface area contributed by atoms with Gasteiger partial charge in [-0.05, 0) is 34.1 Å². The number of ketones is 1. The fraction of sp³-hybridized carbons (Fsp3) is 0. The molecule has 0 aliphatic carbocycles. The van der Waals surface area contributed by atoms with Crippen molar-refractivity contribution in [3.05, 3.63) is 56.4 Å². The molecule has 0 saturated carbocycles. The molecule has 1 aromatic carbocycles. The van der Waals surface area contributed by atoms with Gasteiger partial charge < -0.3 is 4.42 Å². The fourth-order valence-electron chi connectivity index (χ4n) is 1.26. The second-order valence-corrected chi connectivity index (χ2v) is 4.67. The number of halogens is 3. The number of hydrogen-bond acceptors (Lipinski definition) is 2. The Bertz CT molecular complexity index is 549. The van der Waals surface area contributed by atoms with E-state index < -0.39 is 0 Å². The van der Waals surface area contributed by atoms with Gasteiger partial charge in [-0.25, -0.2) is 0 Å². The Kier molecular flexibility index (Phi) is 3.38. The van der Waals surface area contributed by atoms with Crippen LogP contribution in [0.1, 0.15) is 16.1 Å². The van der Waals surface area contributed by atoms with Crippen LogP contribution in [0, 0.1) is 0 Å².